The highest BCUT2D eigenvalue weighted by molar-refractivity contribution is 5.94. The number of rotatable bonds is 13. The molecule has 0 amide bonds. The number of aromatic amines is 2. The third-order valence-corrected chi connectivity index (χ3v) is 6.84. The number of hydrogen-bond acceptors (Lipinski definition) is 7. The molecule has 0 spiro atoms. The average Bonchev–Trinajstić information content (AvgIpc) is 3.61. The fraction of sp³-hybridized carbons (Fsp3) is 0.464. The van der Waals surface area contributed by atoms with Gasteiger partial charge in [0.25, 0.3) is 0 Å². The maximum atomic E-state index is 14.8. The third kappa shape index (κ3) is 8.12. The van der Waals surface area contributed by atoms with E-state index in [2.05, 4.69) is 47.0 Å². The lowest BCUT2D eigenvalue weighted by Gasteiger charge is -2.35. The number of ether oxygens (including phenoxy) is 2. The molecule has 1 saturated carbocycles. The zero-order valence-corrected chi connectivity index (χ0v) is 23.3. The summed E-state index contributed by atoms with van der Waals surface area (Å²) in [6.07, 6.45) is 5.31. The van der Waals surface area contributed by atoms with E-state index in [1.165, 1.54) is 0 Å². The van der Waals surface area contributed by atoms with Gasteiger partial charge in [0.05, 0.1) is 12.3 Å². The van der Waals surface area contributed by atoms with Crippen LogP contribution in [-0.4, -0.2) is 90.7 Å². The van der Waals surface area contributed by atoms with Crippen LogP contribution in [0.15, 0.2) is 52.2 Å². The summed E-state index contributed by atoms with van der Waals surface area (Å²) < 4.78 is 39.1. The van der Waals surface area contributed by atoms with Crippen molar-refractivity contribution in [1.29, 1.82) is 0 Å². The summed E-state index contributed by atoms with van der Waals surface area (Å²) in [7, 11) is 1.69. The van der Waals surface area contributed by atoms with Crippen molar-refractivity contribution in [2.24, 2.45) is 9.98 Å². The predicted molar refractivity (Wildman–Crippen MR) is 154 cm³/mol. The fourth-order valence-corrected chi connectivity index (χ4v) is 4.49. The van der Waals surface area contributed by atoms with E-state index < -0.39 is 5.83 Å². The number of hydrogen-bond donors (Lipinski definition) is 3. The smallest absolute Gasteiger partial charge is 0.181 e. The number of aliphatic imine (C=N–C) groups is 2. The Hall–Kier alpha value is -3.77. The molecule has 2 fully saturated rings. The lowest BCUT2D eigenvalue weighted by molar-refractivity contribution is 0.120. The van der Waals surface area contributed by atoms with Gasteiger partial charge in [-0.3, -0.25) is 10.00 Å². The van der Waals surface area contributed by atoms with Crippen LogP contribution in [0.3, 0.4) is 0 Å². The van der Waals surface area contributed by atoms with Crippen LogP contribution < -0.4 is 5.32 Å². The number of aryl methyl sites for hydroxylation is 2. The Kier molecular flexibility index (Phi) is 10.3. The van der Waals surface area contributed by atoms with Crippen molar-refractivity contribution in [3.63, 3.8) is 0 Å². The van der Waals surface area contributed by atoms with Crippen LogP contribution in [-0.2, 0) is 9.47 Å². The van der Waals surface area contributed by atoms with E-state index in [1.54, 1.807) is 20.1 Å². The first-order chi connectivity index (χ1) is 19.4. The van der Waals surface area contributed by atoms with Crippen molar-refractivity contribution >= 4 is 24.2 Å². The van der Waals surface area contributed by atoms with Crippen molar-refractivity contribution in [2.75, 3.05) is 58.5 Å². The fourth-order valence-electron chi connectivity index (χ4n) is 4.49. The van der Waals surface area contributed by atoms with E-state index in [1.807, 2.05) is 19.1 Å². The number of nitrogens with one attached hydrogen (secondary N) is 3. The molecule has 0 unspecified atom stereocenters. The normalized spacial score (nSPS) is 17.9. The van der Waals surface area contributed by atoms with Crippen LogP contribution in [0.1, 0.15) is 41.4 Å². The van der Waals surface area contributed by atoms with Crippen molar-refractivity contribution in [3.05, 3.63) is 64.8 Å². The molecule has 3 heterocycles. The molecule has 2 aromatic heterocycles. The number of nitrogens with zero attached hydrogens (tertiary/aromatic N) is 5. The monoisotopic (exact) mass is 556 g/mol. The Morgan fingerprint density at radius 3 is 2.62 bits per heavy atom. The van der Waals surface area contributed by atoms with Crippen LogP contribution in [0.2, 0.25) is 0 Å². The molecule has 0 radical (unpaired) electrons. The maximum absolute atomic E-state index is 14.8. The van der Waals surface area contributed by atoms with E-state index in [-0.39, 0.29) is 24.5 Å². The zero-order valence-electron chi connectivity index (χ0n) is 23.3. The molecule has 0 aromatic carbocycles. The van der Waals surface area contributed by atoms with E-state index in [0.717, 1.165) is 55.5 Å². The molecule has 10 nitrogen and oxygen atoms in total. The van der Waals surface area contributed by atoms with Crippen molar-refractivity contribution in [1.82, 2.24) is 25.0 Å². The third-order valence-electron chi connectivity index (χ3n) is 6.84. The first-order valence-electron chi connectivity index (χ1n) is 13.4. The van der Waals surface area contributed by atoms with Gasteiger partial charge in [-0.25, -0.2) is 18.8 Å². The SMILES string of the molecule is C=N/C(=C\C(=N/COC(=C\F)/C=C(/F)c1[nH]c(C)cc1C)N1CCN(CCOC)CC1)Nc1cc(C2CC2)[nH]n1. The van der Waals surface area contributed by atoms with Gasteiger partial charge in [-0.05, 0) is 45.0 Å². The topological polar surface area (TPSA) is 106 Å². The number of piperazine rings is 1. The Bertz CT molecular complexity index is 1270. The average molecular weight is 557 g/mol. The maximum Gasteiger partial charge on any atom is 0.181 e. The van der Waals surface area contributed by atoms with Gasteiger partial charge in [-0.15, -0.1) is 0 Å². The number of anilines is 1. The molecule has 0 bridgehead atoms. The molecule has 12 heteroatoms. The number of allylic oxidation sites excluding steroid dienone is 1. The van der Waals surface area contributed by atoms with Crippen LogP contribution in [0, 0.1) is 13.8 Å². The first kappa shape index (κ1) is 29.2. The lowest BCUT2D eigenvalue weighted by Crippen LogP contribution is -2.49. The van der Waals surface area contributed by atoms with Crippen molar-refractivity contribution < 1.29 is 18.3 Å². The second kappa shape index (κ2) is 14.0. The lowest BCUT2D eigenvalue weighted by atomic mass is 10.2. The molecular weight excluding hydrogens is 518 g/mol. The molecule has 1 aliphatic carbocycles. The molecule has 2 aliphatic rings. The summed E-state index contributed by atoms with van der Waals surface area (Å²) in [5.74, 6) is 1.32. The second-order valence-electron chi connectivity index (χ2n) is 9.92. The summed E-state index contributed by atoms with van der Waals surface area (Å²) in [5.41, 5.74) is 2.91. The van der Waals surface area contributed by atoms with E-state index in [4.69, 9.17) is 9.47 Å². The van der Waals surface area contributed by atoms with Crippen LogP contribution in [0.4, 0.5) is 14.6 Å². The molecule has 0 atom stereocenters. The van der Waals surface area contributed by atoms with Gasteiger partial charge >= 0.3 is 0 Å². The van der Waals surface area contributed by atoms with Gasteiger partial charge in [0.15, 0.2) is 24.1 Å². The molecule has 2 aromatic rings. The number of halogens is 2. The number of H-pyrrole nitrogens is 2. The van der Waals surface area contributed by atoms with E-state index in [9.17, 15) is 8.78 Å². The summed E-state index contributed by atoms with van der Waals surface area (Å²) in [6, 6.07) is 3.78. The second-order valence-corrected chi connectivity index (χ2v) is 9.92. The first-order valence-corrected chi connectivity index (χ1v) is 13.4. The summed E-state index contributed by atoms with van der Waals surface area (Å²) in [6.45, 7) is 11.7. The minimum Gasteiger partial charge on any atom is -0.469 e. The van der Waals surface area contributed by atoms with Crippen LogP contribution >= 0.6 is 0 Å². The molecule has 1 aliphatic heterocycles. The molecular formula is C28H38F2N8O2. The molecule has 3 N–H and O–H groups in total. The Labute approximate surface area is 233 Å². The van der Waals surface area contributed by atoms with Crippen LogP contribution in [0.25, 0.3) is 5.83 Å². The zero-order chi connectivity index (χ0) is 28.5. The van der Waals surface area contributed by atoms with Crippen molar-refractivity contribution in [2.45, 2.75) is 32.6 Å². The summed E-state index contributed by atoms with van der Waals surface area (Å²) in [5, 5.41) is 10.6. The highest BCUT2D eigenvalue weighted by Gasteiger charge is 2.25. The van der Waals surface area contributed by atoms with E-state index >= 15 is 0 Å². The molecule has 216 valence electrons. The highest BCUT2D eigenvalue weighted by Crippen LogP contribution is 2.39. The van der Waals surface area contributed by atoms with Gasteiger partial charge in [-0.2, -0.15) is 5.10 Å². The minimum absolute atomic E-state index is 0.220. The number of amidine groups is 1. The molecule has 4 rings (SSSR count). The van der Waals surface area contributed by atoms with E-state index in [0.29, 0.717) is 43.1 Å². The largest absolute Gasteiger partial charge is 0.469 e. The van der Waals surface area contributed by atoms with Crippen LogP contribution in [0.5, 0.6) is 0 Å². The Balaban J connectivity index is 1.48. The number of aromatic nitrogens is 3. The van der Waals surface area contributed by atoms with Gasteiger partial charge in [0.2, 0.25) is 0 Å². The summed E-state index contributed by atoms with van der Waals surface area (Å²) in [4.78, 5) is 16.0. The quantitative estimate of drug-likeness (QED) is 0.144. The van der Waals surface area contributed by atoms with Crippen molar-refractivity contribution in [3.8, 4) is 0 Å². The van der Waals surface area contributed by atoms with Gasteiger partial charge in [0, 0.05) is 75.4 Å². The molecule has 40 heavy (non-hydrogen) atoms. The van der Waals surface area contributed by atoms with Gasteiger partial charge in [-0.1, -0.05) is 0 Å². The number of methoxy groups -OCH3 is 1. The molecule has 1 saturated heterocycles. The standard InChI is InChI=1S/C28H38F2N8O2/c1-19-13-20(2)33-28(19)23(30)14-22(17-29)40-18-32-27(38-9-7-37(8-10-38)11-12-39-4)16-25(31-3)34-26-15-24(35-36-26)21-5-6-21/h13-17,21,33H,3,5-12,18H2,1-2,4H3,(H2,34,35,36)/b22-17-,23-14+,25-16+,32-27+. The Morgan fingerprint density at radius 1 is 1.23 bits per heavy atom. The highest BCUT2D eigenvalue weighted by atomic mass is 19.1. The Morgan fingerprint density at radius 2 is 2.00 bits per heavy atom. The van der Waals surface area contributed by atoms with Gasteiger partial charge < -0.3 is 24.7 Å². The summed E-state index contributed by atoms with van der Waals surface area (Å²) >= 11 is 0. The predicted octanol–water partition coefficient (Wildman–Crippen LogP) is 4.64. The minimum atomic E-state index is -0.627. The van der Waals surface area contributed by atoms with Gasteiger partial charge in [0.1, 0.15) is 18.0 Å².